The minimum Gasteiger partial charge on any atom is -0.312 e. The Hall–Kier alpha value is -4.02. The molecule has 6 nitrogen and oxygen atoms in total. The summed E-state index contributed by atoms with van der Waals surface area (Å²) in [7, 11) is 0. The first kappa shape index (κ1) is 22.7. The number of nitrogens with one attached hydrogen (secondary N) is 3. The Morgan fingerprint density at radius 2 is 1.66 bits per heavy atom. The number of guanidine groups is 1. The van der Waals surface area contributed by atoms with Crippen molar-refractivity contribution in [3.05, 3.63) is 99.3 Å². The molecular formula is C21H15F5N4O2. The minimum absolute atomic E-state index is 0.102. The summed E-state index contributed by atoms with van der Waals surface area (Å²) >= 11 is 0. The second-order valence-electron chi connectivity index (χ2n) is 6.46. The highest BCUT2D eigenvalue weighted by Gasteiger charge is 2.30. The Labute approximate surface area is 177 Å². The summed E-state index contributed by atoms with van der Waals surface area (Å²) in [4.78, 5) is 30.4. The van der Waals surface area contributed by atoms with Gasteiger partial charge in [0, 0.05) is 17.2 Å². The fourth-order valence-electron chi connectivity index (χ4n) is 2.58. The molecule has 3 rings (SSSR count). The second kappa shape index (κ2) is 9.41. The van der Waals surface area contributed by atoms with Crippen molar-refractivity contribution in [2.75, 3.05) is 5.32 Å². The van der Waals surface area contributed by atoms with Crippen LogP contribution in [0.1, 0.15) is 21.5 Å². The lowest BCUT2D eigenvalue weighted by Gasteiger charge is -2.12. The van der Waals surface area contributed by atoms with Crippen molar-refractivity contribution < 1.29 is 26.7 Å². The second-order valence-corrected chi connectivity index (χ2v) is 6.46. The van der Waals surface area contributed by atoms with Crippen LogP contribution in [0.5, 0.6) is 0 Å². The fourth-order valence-corrected chi connectivity index (χ4v) is 2.58. The zero-order chi connectivity index (χ0) is 23.3. The topological polar surface area (TPSA) is 86.3 Å². The molecule has 0 unspecified atom stereocenters. The summed E-state index contributed by atoms with van der Waals surface area (Å²) in [5.41, 5.74) is -1.59. The molecule has 0 radical (unpaired) electrons. The minimum atomic E-state index is -4.56. The number of hydrogen-bond acceptors (Lipinski definition) is 3. The van der Waals surface area contributed by atoms with Crippen LogP contribution < -0.4 is 16.2 Å². The molecule has 3 N–H and O–H groups in total. The summed E-state index contributed by atoms with van der Waals surface area (Å²) in [6, 6.07) is 11.1. The van der Waals surface area contributed by atoms with Crippen LogP contribution in [-0.4, -0.2) is 16.9 Å². The van der Waals surface area contributed by atoms with E-state index in [9.17, 15) is 31.5 Å². The van der Waals surface area contributed by atoms with Gasteiger partial charge in [-0.2, -0.15) is 13.2 Å². The number of aromatic nitrogens is 1. The third kappa shape index (κ3) is 5.78. The molecule has 0 aliphatic rings. The van der Waals surface area contributed by atoms with E-state index in [1.165, 1.54) is 30.3 Å². The molecule has 3 aromatic rings. The first-order chi connectivity index (χ1) is 15.1. The quantitative estimate of drug-likeness (QED) is 0.318. The van der Waals surface area contributed by atoms with Crippen LogP contribution >= 0.6 is 0 Å². The number of halogens is 5. The first-order valence-electron chi connectivity index (χ1n) is 9.06. The molecule has 1 aromatic heterocycles. The number of anilines is 1. The van der Waals surface area contributed by atoms with Gasteiger partial charge in [-0.15, -0.1) is 0 Å². The van der Waals surface area contributed by atoms with Crippen molar-refractivity contribution in [3.63, 3.8) is 0 Å². The van der Waals surface area contributed by atoms with Crippen LogP contribution in [-0.2, 0) is 12.7 Å². The van der Waals surface area contributed by atoms with Gasteiger partial charge in [0.15, 0.2) is 11.6 Å². The SMILES string of the molecule is O=C(NC(=NCc1cccc(F)c1F)Nc1cccc(=O)[nH]1)c1ccc(C(F)(F)F)cc1. The number of carbonyl (C=O) groups is 1. The molecule has 0 bridgehead atoms. The number of aliphatic imine (C=N–C) groups is 1. The number of rotatable bonds is 4. The zero-order valence-corrected chi connectivity index (χ0v) is 16.1. The van der Waals surface area contributed by atoms with E-state index in [0.29, 0.717) is 0 Å². The molecule has 166 valence electrons. The first-order valence-corrected chi connectivity index (χ1v) is 9.06. The third-order valence-corrected chi connectivity index (χ3v) is 4.17. The average molecular weight is 450 g/mol. The van der Waals surface area contributed by atoms with Gasteiger partial charge in [0.25, 0.3) is 5.91 Å². The van der Waals surface area contributed by atoms with Gasteiger partial charge in [0.2, 0.25) is 11.5 Å². The highest BCUT2D eigenvalue weighted by Crippen LogP contribution is 2.29. The maximum Gasteiger partial charge on any atom is 0.416 e. The number of pyridine rings is 1. The van der Waals surface area contributed by atoms with Gasteiger partial charge in [0.05, 0.1) is 12.1 Å². The van der Waals surface area contributed by atoms with Gasteiger partial charge in [0.1, 0.15) is 5.82 Å². The molecular weight excluding hydrogens is 435 g/mol. The lowest BCUT2D eigenvalue weighted by atomic mass is 10.1. The highest BCUT2D eigenvalue weighted by atomic mass is 19.4. The molecule has 11 heteroatoms. The number of carbonyl (C=O) groups excluding carboxylic acids is 1. The number of benzene rings is 2. The summed E-state index contributed by atoms with van der Waals surface area (Å²) in [5, 5.41) is 4.97. The molecule has 0 spiro atoms. The number of H-pyrrole nitrogens is 1. The molecule has 32 heavy (non-hydrogen) atoms. The van der Waals surface area contributed by atoms with E-state index in [1.54, 1.807) is 0 Å². The molecule has 0 atom stereocenters. The fraction of sp³-hybridized carbons (Fsp3) is 0.0952. The third-order valence-electron chi connectivity index (χ3n) is 4.17. The van der Waals surface area contributed by atoms with E-state index >= 15 is 0 Å². The van der Waals surface area contributed by atoms with E-state index in [0.717, 1.165) is 30.3 Å². The van der Waals surface area contributed by atoms with Gasteiger partial charge in [-0.05, 0) is 36.4 Å². The molecule has 0 saturated carbocycles. The summed E-state index contributed by atoms with van der Waals surface area (Å²) in [5.74, 6) is -3.13. The van der Waals surface area contributed by atoms with E-state index < -0.39 is 34.8 Å². The van der Waals surface area contributed by atoms with E-state index in [2.05, 4.69) is 20.6 Å². The van der Waals surface area contributed by atoms with Crippen LogP contribution in [0.15, 0.2) is 70.5 Å². The number of nitrogens with zero attached hydrogens (tertiary/aromatic N) is 1. The van der Waals surface area contributed by atoms with Crippen LogP contribution in [0, 0.1) is 11.6 Å². The molecule has 1 amide bonds. The van der Waals surface area contributed by atoms with Crippen molar-refractivity contribution >= 4 is 17.7 Å². The Balaban J connectivity index is 1.85. The lowest BCUT2D eigenvalue weighted by molar-refractivity contribution is -0.137. The molecule has 0 fully saturated rings. The van der Waals surface area contributed by atoms with Crippen molar-refractivity contribution in [2.24, 2.45) is 4.99 Å². The van der Waals surface area contributed by atoms with Crippen molar-refractivity contribution in [1.29, 1.82) is 0 Å². The Bertz CT molecular complexity index is 1200. The monoisotopic (exact) mass is 450 g/mol. The van der Waals surface area contributed by atoms with Crippen LogP contribution in [0.2, 0.25) is 0 Å². The summed E-state index contributed by atoms with van der Waals surface area (Å²) in [6.07, 6.45) is -4.56. The van der Waals surface area contributed by atoms with Crippen LogP contribution in [0.3, 0.4) is 0 Å². The smallest absolute Gasteiger partial charge is 0.312 e. The van der Waals surface area contributed by atoms with Crippen molar-refractivity contribution in [2.45, 2.75) is 12.7 Å². The van der Waals surface area contributed by atoms with E-state index in [4.69, 9.17) is 0 Å². The van der Waals surface area contributed by atoms with E-state index in [1.807, 2.05) is 0 Å². The number of hydrogen-bond donors (Lipinski definition) is 3. The van der Waals surface area contributed by atoms with Crippen LogP contribution in [0.25, 0.3) is 0 Å². The van der Waals surface area contributed by atoms with Crippen molar-refractivity contribution in [1.82, 2.24) is 10.3 Å². The van der Waals surface area contributed by atoms with Crippen molar-refractivity contribution in [3.8, 4) is 0 Å². The average Bonchev–Trinajstić information content (AvgIpc) is 2.74. The number of aromatic amines is 1. The zero-order valence-electron chi connectivity index (χ0n) is 16.1. The molecule has 0 aliphatic heterocycles. The summed E-state index contributed by atoms with van der Waals surface area (Å²) < 4.78 is 65.5. The van der Waals surface area contributed by atoms with Gasteiger partial charge < -0.3 is 10.3 Å². The summed E-state index contributed by atoms with van der Waals surface area (Å²) in [6.45, 7) is -0.379. The maximum atomic E-state index is 13.9. The van der Waals surface area contributed by atoms with Gasteiger partial charge in [-0.1, -0.05) is 18.2 Å². The highest BCUT2D eigenvalue weighted by molar-refractivity contribution is 6.09. The Morgan fingerprint density at radius 3 is 2.31 bits per heavy atom. The molecule has 0 saturated heterocycles. The normalized spacial score (nSPS) is 11.8. The Morgan fingerprint density at radius 1 is 0.969 bits per heavy atom. The predicted molar refractivity (Wildman–Crippen MR) is 107 cm³/mol. The van der Waals surface area contributed by atoms with Gasteiger partial charge in [-0.25, -0.2) is 13.8 Å². The largest absolute Gasteiger partial charge is 0.416 e. The standard InChI is InChI=1S/C21H15F5N4O2/c22-15-4-1-3-13(18(15)23)11-27-20(29-16-5-2-6-17(31)28-16)30-19(32)12-7-9-14(10-8-12)21(24,25)26/h1-10H,11H2,(H3,27,28,29,30,31,32). The van der Waals surface area contributed by atoms with Crippen LogP contribution in [0.4, 0.5) is 27.8 Å². The van der Waals surface area contributed by atoms with E-state index in [-0.39, 0.29) is 29.4 Å². The number of amides is 1. The molecule has 2 aromatic carbocycles. The van der Waals surface area contributed by atoms with Gasteiger partial charge >= 0.3 is 6.18 Å². The number of alkyl halides is 3. The molecule has 1 heterocycles. The lowest BCUT2D eigenvalue weighted by Crippen LogP contribution is -2.36. The van der Waals surface area contributed by atoms with Gasteiger partial charge in [-0.3, -0.25) is 14.9 Å². The maximum absolute atomic E-state index is 13.9. The predicted octanol–water partition coefficient (Wildman–Crippen LogP) is 4.07. The Kier molecular flexibility index (Phi) is 6.67. The molecule has 0 aliphatic carbocycles.